The van der Waals surface area contributed by atoms with Gasteiger partial charge in [0.15, 0.2) is 0 Å². The summed E-state index contributed by atoms with van der Waals surface area (Å²) < 4.78 is 38.0. The van der Waals surface area contributed by atoms with Crippen LogP contribution in [0, 0.1) is 0 Å². The Labute approximate surface area is 162 Å². The molecule has 0 spiro atoms. The summed E-state index contributed by atoms with van der Waals surface area (Å²) in [7, 11) is 0. The number of hydrogen-bond donors (Lipinski definition) is 4. The predicted molar refractivity (Wildman–Crippen MR) is 98.5 cm³/mol. The molecule has 1 aromatic carbocycles. The topological polar surface area (TPSA) is 104 Å². The number of aliphatic hydroxyl groups excluding tert-OH is 1. The van der Waals surface area contributed by atoms with Crippen molar-refractivity contribution in [1.29, 1.82) is 0 Å². The zero-order valence-corrected chi connectivity index (χ0v) is 15.3. The number of nitrogens with zero attached hydrogens (tertiary/aromatic N) is 1. The summed E-state index contributed by atoms with van der Waals surface area (Å²) in [6.07, 6.45) is -4.40. The Morgan fingerprint density at radius 3 is 2.54 bits per heavy atom. The van der Waals surface area contributed by atoms with Crippen molar-refractivity contribution in [3.63, 3.8) is 0 Å². The molecular formula is C18H17F3N4O2S. The average Bonchev–Trinajstić information content (AvgIpc) is 3.35. The highest BCUT2D eigenvalue weighted by atomic mass is 32.1. The molecule has 0 unspecified atom stereocenters. The number of alkyl halides is 3. The van der Waals surface area contributed by atoms with Crippen LogP contribution in [0.5, 0.6) is 0 Å². The second-order valence-electron chi connectivity index (χ2n) is 5.96. The normalized spacial score (nSPS) is 12.8. The molecule has 2 heterocycles. The third kappa shape index (κ3) is 4.41. The molecule has 2 aromatic heterocycles. The fourth-order valence-electron chi connectivity index (χ4n) is 2.55. The summed E-state index contributed by atoms with van der Waals surface area (Å²) in [5.74, 6) is -0.422. The Kier molecular flexibility index (Phi) is 5.82. The predicted octanol–water partition coefficient (Wildman–Crippen LogP) is 3.08. The van der Waals surface area contributed by atoms with E-state index in [1.54, 1.807) is 11.4 Å². The van der Waals surface area contributed by atoms with E-state index in [4.69, 9.17) is 10.8 Å². The summed E-state index contributed by atoms with van der Waals surface area (Å²) in [4.78, 5) is 19.6. The monoisotopic (exact) mass is 410 g/mol. The molecular weight excluding hydrogens is 393 g/mol. The maximum Gasteiger partial charge on any atom is 0.416 e. The van der Waals surface area contributed by atoms with Gasteiger partial charge in [0.05, 0.1) is 23.9 Å². The van der Waals surface area contributed by atoms with Crippen LogP contribution >= 0.6 is 11.3 Å². The van der Waals surface area contributed by atoms with E-state index in [-0.39, 0.29) is 18.8 Å². The number of rotatable bonds is 6. The van der Waals surface area contributed by atoms with Crippen molar-refractivity contribution in [3.8, 4) is 11.3 Å². The molecule has 6 nitrogen and oxygen atoms in total. The number of nitrogens with one attached hydrogen (secondary N) is 2. The van der Waals surface area contributed by atoms with Crippen molar-refractivity contribution in [2.24, 2.45) is 5.73 Å². The molecule has 10 heteroatoms. The first-order valence-corrected chi connectivity index (χ1v) is 9.12. The number of thiazole rings is 1. The molecule has 0 saturated heterocycles. The van der Waals surface area contributed by atoms with Crippen molar-refractivity contribution in [2.75, 3.05) is 6.54 Å². The Morgan fingerprint density at radius 2 is 1.96 bits per heavy atom. The minimum atomic E-state index is -4.40. The van der Waals surface area contributed by atoms with Gasteiger partial charge in [0, 0.05) is 17.6 Å². The number of aromatic amines is 1. The van der Waals surface area contributed by atoms with Crippen molar-refractivity contribution in [3.05, 3.63) is 63.7 Å². The zero-order valence-electron chi connectivity index (χ0n) is 14.5. The van der Waals surface area contributed by atoms with Gasteiger partial charge in [-0.3, -0.25) is 4.79 Å². The number of carbonyl (C=O) groups excluding carboxylic acids is 1. The van der Waals surface area contributed by atoms with E-state index in [1.165, 1.54) is 29.5 Å². The molecule has 0 aliphatic carbocycles. The number of aromatic nitrogens is 2. The van der Waals surface area contributed by atoms with E-state index in [0.717, 1.165) is 12.1 Å². The Hall–Kier alpha value is -2.69. The lowest BCUT2D eigenvalue weighted by atomic mass is 10.1. The molecule has 0 aliphatic heterocycles. The van der Waals surface area contributed by atoms with Crippen LogP contribution in [-0.2, 0) is 12.8 Å². The van der Waals surface area contributed by atoms with E-state index in [1.807, 2.05) is 0 Å². The van der Waals surface area contributed by atoms with Gasteiger partial charge in [0.2, 0.25) is 0 Å². The number of nitrogens with two attached hydrogens (primary N) is 1. The lowest BCUT2D eigenvalue weighted by Gasteiger charge is -2.13. The molecule has 0 aliphatic rings. The van der Waals surface area contributed by atoms with Crippen LogP contribution in [-0.4, -0.2) is 27.5 Å². The van der Waals surface area contributed by atoms with E-state index >= 15 is 0 Å². The largest absolute Gasteiger partial charge is 0.416 e. The zero-order chi connectivity index (χ0) is 20.3. The number of amides is 1. The van der Waals surface area contributed by atoms with Crippen molar-refractivity contribution < 1.29 is 23.1 Å². The first-order valence-electron chi connectivity index (χ1n) is 8.24. The molecule has 0 radical (unpaired) electrons. The lowest BCUT2D eigenvalue weighted by molar-refractivity contribution is -0.137. The molecule has 28 heavy (non-hydrogen) atoms. The van der Waals surface area contributed by atoms with Crippen molar-refractivity contribution in [1.82, 2.24) is 15.3 Å². The van der Waals surface area contributed by atoms with Gasteiger partial charge in [0.1, 0.15) is 10.7 Å². The molecule has 0 saturated carbocycles. The Balaban J connectivity index is 1.72. The molecule has 148 valence electrons. The highest BCUT2D eigenvalue weighted by Gasteiger charge is 2.30. The van der Waals surface area contributed by atoms with E-state index < -0.39 is 23.7 Å². The Morgan fingerprint density at radius 1 is 1.25 bits per heavy atom. The summed E-state index contributed by atoms with van der Waals surface area (Å²) in [6, 6.07) is 7.29. The number of H-pyrrole nitrogens is 1. The summed E-state index contributed by atoms with van der Waals surface area (Å²) in [5.41, 5.74) is 6.75. The van der Waals surface area contributed by atoms with Crippen molar-refractivity contribution in [2.45, 2.75) is 18.8 Å². The van der Waals surface area contributed by atoms with Gasteiger partial charge >= 0.3 is 6.18 Å². The van der Waals surface area contributed by atoms with Crippen LogP contribution in [0.3, 0.4) is 0 Å². The third-order valence-electron chi connectivity index (χ3n) is 4.02. The quantitative estimate of drug-likeness (QED) is 0.501. The van der Waals surface area contributed by atoms with Crippen LogP contribution in [0.1, 0.15) is 32.8 Å². The number of benzene rings is 1. The molecule has 3 rings (SSSR count). The number of aliphatic hydroxyl groups is 1. The van der Waals surface area contributed by atoms with Gasteiger partial charge in [-0.2, -0.15) is 13.2 Å². The number of halogens is 3. The van der Waals surface area contributed by atoms with Gasteiger partial charge in [-0.15, -0.1) is 11.3 Å². The minimum Gasteiger partial charge on any atom is -0.390 e. The van der Waals surface area contributed by atoms with E-state index in [9.17, 15) is 18.0 Å². The van der Waals surface area contributed by atoms with Crippen LogP contribution in [0.15, 0.2) is 41.8 Å². The average molecular weight is 410 g/mol. The lowest BCUT2D eigenvalue weighted by Crippen LogP contribution is -2.33. The molecule has 0 bridgehead atoms. The first-order chi connectivity index (χ1) is 13.3. The van der Waals surface area contributed by atoms with E-state index in [0.29, 0.717) is 22.0 Å². The van der Waals surface area contributed by atoms with Gasteiger partial charge in [0.25, 0.3) is 5.91 Å². The highest BCUT2D eigenvalue weighted by molar-refractivity contribution is 7.09. The van der Waals surface area contributed by atoms with Crippen LogP contribution in [0.4, 0.5) is 13.2 Å². The van der Waals surface area contributed by atoms with Crippen molar-refractivity contribution >= 4 is 17.2 Å². The van der Waals surface area contributed by atoms with Gasteiger partial charge in [-0.1, -0.05) is 12.1 Å². The highest BCUT2D eigenvalue weighted by Crippen LogP contribution is 2.30. The maximum atomic E-state index is 12.7. The summed E-state index contributed by atoms with van der Waals surface area (Å²) >= 11 is 1.28. The second-order valence-corrected chi connectivity index (χ2v) is 6.85. The summed E-state index contributed by atoms with van der Waals surface area (Å²) in [6.45, 7) is -0.0779. The maximum absolute atomic E-state index is 12.7. The molecule has 1 atom stereocenters. The van der Waals surface area contributed by atoms with Gasteiger partial charge in [-0.05, 0) is 29.8 Å². The minimum absolute atomic E-state index is 0.122. The second kappa shape index (κ2) is 8.13. The van der Waals surface area contributed by atoms with Crippen LogP contribution in [0.2, 0.25) is 0 Å². The molecule has 0 fully saturated rings. The van der Waals surface area contributed by atoms with Crippen LogP contribution in [0.25, 0.3) is 11.3 Å². The standard InChI is InChI=1S/C18H17F3N4O2S/c19-18(20,21)11-3-1-10(2-4-11)13-5-6-14(24-13)16(27)25-15(7-22)17-23-12(8-26)9-28-17/h1-6,9,15,24,26H,7-8,22H2,(H,25,27)/t15-/m1/s1. The number of carbonyl (C=O) groups is 1. The molecule has 1 amide bonds. The fraction of sp³-hybridized carbons (Fsp3) is 0.222. The SMILES string of the molecule is NC[C@@H](NC(=O)c1ccc(-c2ccc(C(F)(F)F)cc2)[nH]1)c1nc(CO)cs1. The summed E-state index contributed by atoms with van der Waals surface area (Å²) in [5, 5.41) is 14.1. The fourth-order valence-corrected chi connectivity index (χ4v) is 3.42. The van der Waals surface area contributed by atoms with Gasteiger partial charge in [-0.25, -0.2) is 4.98 Å². The Bertz CT molecular complexity index is 950. The van der Waals surface area contributed by atoms with Crippen LogP contribution < -0.4 is 11.1 Å². The third-order valence-corrected chi connectivity index (χ3v) is 5.03. The molecule has 5 N–H and O–H groups in total. The molecule has 3 aromatic rings. The smallest absolute Gasteiger partial charge is 0.390 e. The van der Waals surface area contributed by atoms with Gasteiger partial charge < -0.3 is 21.1 Å². The van der Waals surface area contributed by atoms with E-state index in [2.05, 4.69) is 15.3 Å². The first kappa shape index (κ1) is 20.1. The number of hydrogen-bond acceptors (Lipinski definition) is 5.